The highest BCUT2D eigenvalue weighted by atomic mass is 35.5. The van der Waals surface area contributed by atoms with Gasteiger partial charge in [-0.15, -0.1) is 24.8 Å². The largest absolute Gasteiger partial charge is 0.378 e. The van der Waals surface area contributed by atoms with Crippen LogP contribution in [0.1, 0.15) is 23.2 Å². The number of ether oxygens (including phenoxy) is 1. The molecular formula is C16H25Cl2N3O2. The van der Waals surface area contributed by atoms with E-state index in [1.165, 1.54) is 12.8 Å². The number of hydrogen-bond donors (Lipinski definition) is 2. The van der Waals surface area contributed by atoms with Gasteiger partial charge in [0.15, 0.2) is 0 Å². The van der Waals surface area contributed by atoms with Crippen LogP contribution < -0.4 is 16.0 Å². The Morgan fingerprint density at radius 1 is 1.26 bits per heavy atom. The van der Waals surface area contributed by atoms with Crippen molar-refractivity contribution in [3.63, 3.8) is 0 Å². The van der Waals surface area contributed by atoms with Gasteiger partial charge < -0.3 is 20.7 Å². The van der Waals surface area contributed by atoms with Crippen LogP contribution in [0.25, 0.3) is 0 Å². The Balaban J connectivity index is 0.00000132. The zero-order valence-corrected chi connectivity index (χ0v) is 14.7. The fourth-order valence-electron chi connectivity index (χ4n) is 2.74. The maximum Gasteiger partial charge on any atom is 0.253 e. The number of benzene rings is 1. The lowest BCUT2D eigenvalue weighted by molar-refractivity contribution is 0.0949. The van der Waals surface area contributed by atoms with Crippen LogP contribution in [-0.2, 0) is 4.74 Å². The number of carbonyl (C=O) groups is 1. The molecule has 0 aromatic heterocycles. The first-order chi connectivity index (χ1) is 10.3. The van der Waals surface area contributed by atoms with Crippen LogP contribution in [0.3, 0.4) is 0 Å². The Bertz CT molecular complexity index is 506. The molecule has 1 unspecified atom stereocenters. The average molecular weight is 362 g/mol. The molecule has 0 spiro atoms. The summed E-state index contributed by atoms with van der Waals surface area (Å²) in [5.41, 5.74) is 7.75. The molecule has 1 saturated carbocycles. The summed E-state index contributed by atoms with van der Waals surface area (Å²) in [4.78, 5) is 14.6. The number of anilines is 1. The lowest BCUT2D eigenvalue weighted by Gasteiger charge is -2.30. The average Bonchev–Trinajstić information content (AvgIpc) is 3.38. The molecule has 1 heterocycles. The van der Waals surface area contributed by atoms with Gasteiger partial charge in [0.1, 0.15) is 0 Å². The van der Waals surface area contributed by atoms with E-state index in [9.17, 15) is 4.79 Å². The monoisotopic (exact) mass is 361 g/mol. The maximum atomic E-state index is 12.4. The van der Waals surface area contributed by atoms with Gasteiger partial charge in [-0.05, 0) is 30.9 Å². The molecule has 1 amide bonds. The van der Waals surface area contributed by atoms with E-state index in [1.807, 2.05) is 24.3 Å². The number of hydrogen-bond acceptors (Lipinski definition) is 4. The minimum absolute atomic E-state index is 0. The SMILES string of the molecule is Cl.Cl.NC(CNC(=O)c1ccccc1N1CCOCC1)C1CC1. The molecule has 1 aromatic carbocycles. The van der Waals surface area contributed by atoms with Crippen LogP contribution in [0.15, 0.2) is 24.3 Å². The lowest BCUT2D eigenvalue weighted by Crippen LogP contribution is -2.40. The molecule has 0 radical (unpaired) electrons. The van der Waals surface area contributed by atoms with Crippen LogP contribution in [-0.4, -0.2) is 44.8 Å². The van der Waals surface area contributed by atoms with E-state index in [4.69, 9.17) is 10.5 Å². The molecule has 130 valence electrons. The van der Waals surface area contributed by atoms with E-state index in [0.717, 1.165) is 24.3 Å². The second kappa shape index (κ2) is 9.33. The highest BCUT2D eigenvalue weighted by molar-refractivity contribution is 5.99. The predicted molar refractivity (Wildman–Crippen MR) is 97.0 cm³/mol. The number of nitrogens with two attached hydrogens (primary N) is 1. The number of amides is 1. The quantitative estimate of drug-likeness (QED) is 0.839. The number of nitrogens with one attached hydrogen (secondary N) is 1. The lowest BCUT2D eigenvalue weighted by atomic mass is 10.1. The van der Waals surface area contributed by atoms with E-state index < -0.39 is 0 Å². The van der Waals surface area contributed by atoms with Crippen molar-refractivity contribution < 1.29 is 9.53 Å². The highest BCUT2D eigenvalue weighted by Gasteiger charge is 2.28. The zero-order chi connectivity index (χ0) is 14.7. The molecule has 1 aromatic rings. The molecule has 23 heavy (non-hydrogen) atoms. The van der Waals surface area contributed by atoms with Gasteiger partial charge in [-0.25, -0.2) is 0 Å². The Hall–Kier alpha value is -1.01. The number of morpholine rings is 1. The molecule has 7 heteroatoms. The number of para-hydroxylation sites is 1. The van der Waals surface area contributed by atoms with Crippen LogP contribution in [0.4, 0.5) is 5.69 Å². The first-order valence-corrected chi connectivity index (χ1v) is 7.71. The van der Waals surface area contributed by atoms with Gasteiger partial charge in [-0.3, -0.25) is 4.79 Å². The standard InChI is InChI=1S/C16H23N3O2.2ClH/c17-14(12-5-6-12)11-18-16(20)13-3-1-2-4-15(13)19-7-9-21-10-8-19;;/h1-4,12,14H,5-11,17H2,(H,18,20);2*1H. The molecule has 2 aliphatic rings. The molecule has 2 fully saturated rings. The Morgan fingerprint density at radius 3 is 2.57 bits per heavy atom. The van der Waals surface area contributed by atoms with E-state index in [0.29, 0.717) is 25.7 Å². The molecule has 1 aliphatic heterocycles. The molecule has 1 aliphatic carbocycles. The molecule has 0 bridgehead atoms. The molecule has 3 rings (SSSR count). The molecule has 5 nitrogen and oxygen atoms in total. The zero-order valence-electron chi connectivity index (χ0n) is 13.1. The summed E-state index contributed by atoms with van der Waals surface area (Å²) >= 11 is 0. The van der Waals surface area contributed by atoms with Gasteiger partial charge in [-0.2, -0.15) is 0 Å². The summed E-state index contributed by atoms with van der Waals surface area (Å²) in [5, 5.41) is 2.98. The molecule has 3 N–H and O–H groups in total. The van der Waals surface area contributed by atoms with Crippen molar-refractivity contribution in [1.82, 2.24) is 5.32 Å². The first kappa shape index (κ1) is 20.0. The number of rotatable bonds is 5. The van der Waals surface area contributed by atoms with Crippen LogP contribution in [0.2, 0.25) is 0 Å². The Kier molecular flexibility index (Phi) is 8.12. The van der Waals surface area contributed by atoms with E-state index in [-0.39, 0.29) is 36.8 Å². The number of nitrogens with zero attached hydrogens (tertiary/aromatic N) is 1. The second-order valence-electron chi connectivity index (χ2n) is 5.83. The van der Waals surface area contributed by atoms with Crippen molar-refractivity contribution in [2.24, 2.45) is 11.7 Å². The molecule has 1 saturated heterocycles. The van der Waals surface area contributed by atoms with Crippen molar-refractivity contribution in [2.75, 3.05) is 37.7 Å². The summed E-state index contributed by atoms with van der Waals surface area (Å²) in [6.07, 6.45) is 2.39. The first-order valence-electron chi connectivity index (χ1n) is 7.71. The van der Waals surface area contributed by atoms with Gasteiger partial charge in [-0.1, -0.05) is 12.1 Å². The van der Waals surface area contributed by atoms with Crippen LogP contribution in [0.5, 0.6) is 0 Å². The summed E-state index contributed by atoms with van der Waals surface area (Å²) in [7, 11) is 0. The van der Waals surface area contributed by atoms with Crippen molar-refractivity contribution in [3.8, 4) is 0 Å². The summed E-state index contributed by atoms with van der Waals surface area (Å²) in [5.74, 6) is 0.563. The smallest absolute Gasteiger partial charge is 0.253 e. The third-order valence-electron chi connectivity index (χ3n) is 4.23. The minimum atomic E-state index is -0.0341. The van der Waals surface area contributed by atoms with E-state index in [1.54, 1.807) is 0 Å². The van der Waals surface area contributed by atoms with E-state index >= 15 is 0 Å². The molecular weight excluding hydrogens is 337 g/mol. The van der Waals surface area contributed by atoms with E-state index in [2.05, 4.69) is 10.2 Å². The van der Waals surface area contributed by atoms with Gasteiger partial charge in [0.2, 0.25) is 0 Å². The fourth-order valence-corrected chi connectivity index (χ4v) is 2.74. The third-order valence-corrected chi connectivity index (χ3v) is 4.23. The third kappa shape index (κ3) is 5.24. The topological polar surface area (TPSA) is 67.6 Å². The van der Waals surface area contributed by atoms with Crippen molar-refractivity contribution >= 4 is 36.4 Å². The highest BCUT2D eigenvalue weighted by Crippen LogP contribution is 2.31. The van der Waals surface area contributed by atoms with Crippen LogP contribution >= 0.6 is 24.8 Å². The minimum Gasteiger partial charge on any atom is -0.378 e. The van der Waals surface area contributed by atoms with Crippen molar-refractivity contribution in [1.29, 1.82) is 0 Å². The van der Waals surface area contributed by atoms with Gasteiger partial charge in [0.05, 0.1) is 18.8 Å². The Labute approximate surface area is 149 Å². The normalized spacial score (nSPS) is 18.4. The number of halogens is 2. The van der Waals surface area contributed by atoms with Gasteiger partial charge in [0.25, 0.3) is 5.91 Å². The predicted octanol–water partition coefficient (Wildman–Crippen LogP) is 1.83. The van der Waals surface area contributed by atoms with Gasteiger partial charge in [0, 0.05) is 31.4 Å². The second-order valence-corrected chi connectivity index (χ2v) is 5.83. The van der Waals surface area contributed by atoms with Gasteiger partial charge >= 0.3 is 0 Å². The molecule has 1 atom stereocenters. The van der Waals surface area contributed by atoms with Crippen LogP contribution in [0, 0.1) is 5.92 Å². The fraction of sp³-hybridized carbons (Fsp3) is 0.562. The van der Waals surface area contributed by atoms with Crippen molar-refractivity contribution in [2.45, 2.75) is 18.9 Å². The Morgan fingerprint density at radius 2 is 1.91 bits per heavy atom. The van der Waals surface area contributed by atoms with Crippen molar-refractivity contribution in [3.05, 3.63) is 29.8 Å². The maximum absolute atomic E-state index is 12.4. The summed E-state index contributed by atoms with van der Waals surface area (Å²) in [6, 6.07) is 7.84. The summed E-state index contributed by atoms with van der Waals surface area (Å²) < 4.78 is 5.38. The summed E-state index contributed by atoms with van der Waals surface area (Å²) in [6.45, 7) is 3.63. The number of carbonyl (C=O) groups excluding carboxylic acids is 1.